The SMILES string of the molecule is O=C(c1cc2ccccc2[nH]1)N1CCN(Cc2ccc(Br)s2)CC1. The van der Waals surface area contributed by atoms with Gasteiger partial charge in [0.2, 0.25) is 0 Å². The number of benzene rings is 1. The van der Waals surface area contributed by atoms with Crippen molar-refractivity contribution in [2.24, 2.45) is 0 Å². The Morgan fingerprint density at radius 3 is 2.62 bits per heavy atom. The molecule has 0 saturated carbocycles. The van der Waals surface area contributed by atoms with Gasteiger partial charge in [-0.15, -0.1) is 11.3 Å². The summed E-state index contributed by atoms with van der Waals surface area (Å²) < 4.78 is 1.17. The first-order valence-electron chi connectivity index (χ1n) is 8.03. The smallest absolute Gasteiger partial charge is 0.270 e. The summed E-state index contributed by atoms with van der Waals surface area (Å²) in [6, 6.07) is 14.2. The Morgan fingerprint density at radius 1 is 1.12 bits per heavy atom. The van der Waals surface area contributed by atoms with Crippen molar-refractivity contribution in [2.75, 3.05) is 26.2 Å². The summed E-state index contributed by atoms with van der Waals surface area (Å²) in [7, 11) is 0. The third-order valence-corrected chi connectivity index (χ3v) is 6.04. The van der Waals surface area contributed by atoms with Gasteiger partial charge in [0, 0.05) is 48.5 Å². The van der Waals surface area contributed by atoms with E-state index in [2.05, 4.69) is 37.9 Å². The molecule has 1 aliphatic heterocycles. The summed E-state index contributed by atoms with van der Waals surface area (Å²) >= 11 is 5.29. The van der Waals surface area contributed by atoms with E-state index >= 15 is 0 Å². The van der Waals surface area contributed by atoms with Gasteiger partial charge >= 0.3 is 0 Å². The molecule has 1 aromatic carbocycles. The number of piperazine rings is 1. The lowest BCUT2D eigenvalue weighted by Crippen LogP contribution is -2.48. The van der Waals surface area contributed by atoms with Gasteiger partial charge in [0.15, 0.2) is 0 Å². The van der Waals surface area contributed by atoms with Crippen molar-refractivity contribution in [2.45, 2.75) is 6.54 Å². The van der Waals surface area contributed by atoms with Gasteiger partial charge in [0.25, 0.3) is 5.91 Å². The number of carbonyl (C=O) groups is 1. The molecule has 1 aliphatic rings. The number of carbonyl (C=O) groups excluding carboxylic acids is 1. The molecule has 0 unspecified atom stereocenters. The van der Waals surface area contributed by atoms with E-state index in [1.54, 1.807) is 11.3 Å². The van der Waals surface area contributed by atoms with E-state index in [1.165, 1.54) is 8.66 Å². The second-order valence-electron chi connectivity index (χ2n) is 6.04. The van der Waals surface area contributed by atoms with Crippen LogP contribution in [0.15, 0.2) is 46.3 Å². The monoisotopic (exact) mass is 403 g/mol. The molecule has 24 heavy (non-hydrogen) atoms. The van der Waals surface area contributed by atoms with Crippen LogP contribution in [0.1, 0.15) is 15.4 Å². The average Bonchev–Trinajstić information content (AvgIpc) is 3.21. The van der Waals surface area contributed by atoms with E-state index in [9.17, 15) is 4.79 Å². The first-order chi connectivity index (χ1) is 11.7. The van der Waals surface area contributed by atoms with Gasteiger partial charge in [-0.2, -0.15) is 0 Å². The molecule has 0 atom stereocenters. The zero-order chi connectivity index (χ0) is 16.5. The topological polar surface area (TPSA) is 39.3 Å². The fourth-order valence-corrected chi connectivity index (χ4v) is 4.65. The van der Waals surface area contributed by atoms with Gasteiger partial charge < -0.3 is 9.88 Å². The first-order valence-corrected chi connectivity index (χ1v) is 9.63. The number of thiophene rings is 1. The Bertz CT molecular complexity index is 831. The number of amides is 1. The van der Waals surface area contributed by atoms with E-state index in [0.717, 1.165) is 43.6 Å². The Hall–Kier alpha value is -1.63. The average molecular weight is 404 g/mol. The molecule has 0 aliphatic carbocycles. The maximum atomic E-state index is 12.7. The minimum absolute atomic E-state index is 0.102. The number of aromatic amines is 1. The van der Waals surface area contributed by atoms with Gasteiger partial charge in [0.1, 0.15) is 5.69 Å². The molecule has 4 nitrogen and oxygen atoms in total. The zero-order valence-corrected chi connectivity index (χ0v) is 15.6. The number of H-pyrrole nitrogens is 1. The summed E-state index contributed by atoms with van der Waals surface area (Å²) in [5, 5.41) is 1.09. The van der Waals surface area contributed by atoms with Gasteiger partial charge in [-0.25, -0.2) is 0 Å². The van der Waals surface area contributed by atoms with Crippen molar-refractivity contribution in [1.82, 2.24) is 14.8 Å². The molecule has 1 amide bonds. The molecule has 124 valence electrons. The van der Waals surface area contributed by atoms with Crippen molar-refractivity contribution >= 4 is 44.1 Å². The highest BCUT2D eigenvalue weighted by Gasteiger charge is 2.23. The Balaban J connectivity index is 1.39. The fourth-order valence-electron chi connectivity index (χ4n) is 3.13. The largest absolute Gasteiger partial charge is 0.351 e. The Morgan fingerprint density at radius 2 is 1.92 bits per heavy atom. The summed E-state index contributed by atoms with van der Waals surface area (Å²) in [6.45, 7) is 4.36. The standard InChI is InChI=1S/C18H18BrN3OS/c19-17-6-5-14(24-17)12-21-7-9-22(10-8-21)18(23)16-11-13-3-1-2-4-15(13)20-16/h1-6,11,20H,7-10,12H2. The summed E-state index contributed by atoms with van der Waals surface area (Å²) in [6.07, 6.45) is 0. The van der Waals surface area contributed by atoms with Crippen molar-refractivity contribution in [3.63, 3.8) is 0 Å². The molecule has 4 rings (SSSR count). The van der Waals surface area contributed by atoms with Gasteiger partial charge in [0.05, 0.1) is 3.79 Å². The molecular formula is C18H18BrN3OS. The molecule has 0 bridgehead atoms. The maximum absolute atomic E-state index is 12.7. The number of rotatable bonds is 3. The third-order valence-electron chi connectivity index (χ3n) is 4.43. The molecule has 3 heterocycles. The Labute approximate surface area is 153 Å². The molecule has 1 fully saturated rings. The molecule has 0 spiro atoms. The summed E-state index contributed by atoms with van der Waals surface area (Å²) in [4.78, 5) is 21.7. The lowest BCUT2D eigenvalue weighted by molar-refractivity contribution is 0.0625. The normalized spacial score (nSPS) is 16.0. The number of nitrogens with zero attached hydrogens (tertiary/aromatic N) is 2. The number of fused-ring (bicyclic) bond motifs is 1. The van der Waals surface area contributed by atoms with Crippen LogP contribution in [0.2, 0.25) is 0 Å². The van der Waals surface area contributed by atoms with Crippen LogP contribution in [0.25, 0.3) is 10.9 Å². The highest BCUT2D eigenvalue weighted by atomic mass is 79.9. The minimum Gasteiger partial charge on any atom is -0.351 e. The van der Waals surface area contributed by atoms with Crippen LogP contribution in [0.5, 0.6) is 0 Å². The van der Waals surface area contributed by atoms with Crippen molar-refractivity contribution in [1.29, 1.82) is 0 Å². The number of hydrogen-bond donors (Lipinski definition) is 1. The van der Waals surface area contributed by atoms with Crippen LogP contribution in [0.4, 0.5) is 0 Å². The van der Waals surface area contributed by atoms with Crippen LogP contribution >= 0.6 is 27.3 Å². The van der Waals surface area contributed by atoms with E-state index < -0.39 is 0 Å². The quantitative estimate of drug-likeness (QED) is 0.718. The van der Waals surface area contributed by atoms with E-state index in [1.807, 2.05) is 35.2 Å². The summed E-state index contributed by atoms with van der Waals surface area (Å²) in [5.41, 5.74) is 1.70. The zero-order valence-electron chi connectivity index (χ0n) is 13.2. The van der Waals surface area contributed by atoms with E-state index in [0.29, 0.717) is 5.69 Å². The van der Waals surface area contributed by atoms with Crippen LogP contribution in [0.3, 0.4) is 0 Å². The predicted molar refractivity (Wildman–Crippen MR) is 101 cm³/mol. The molecule has 2 aromatic heterocycles. The van der Waals surface area contributed by atoms with Crippen molar-refractivity contribution < 1.29 is 4.79 Å². The van der Waals surface area contributed by atoms with Crippen LogP contribution < -0.4 is 0 Å². The van der Waals surface area contributed by atoms with Crippen LogP contribution in [0, 0.1) is 0 Å². The fraction of sp³-hybridized carbons (Fsp3) is 0.278. The third kappa shape index (κ3) is 3.27. The van der Waals surface area contributed by atoms with Crippen molar-refractivity contribution in [3.05, 3.63) is 56.8 Å². The highest BCUT2D eigenvalue weighted by Crippen LogP contribution is 2.24. The molecule has 0 radical (unpaired) electrons. The van der Waals surface area contributed by atoms with Crippen molar-refractivity contribution in [3.8, 4) is 0 Å². The lowest BCUT2D eigenvalue weighted by atomic mass is 10.2. The molecule has 1 N–H and O–H groups in total. The second-order valence-corrected chi connectivity index (χ2v) is 8.59. The Kier molecular flexibility index (Phi) is 4.43. The molecule has 3 aromatic rings. The van der Waals surface area contributed by atoms with Crippen LogP contribution in [-0.4, -0.2) is 46.9 Å². The number of hydrogen-bond acceptors (Lipinski definition) is 3. The van der Waals surface area contributed by atoms with Crippen LogP contribution in [-0.2, 0) is 6.54 Å². The number of nitrogens with one attached hydrogen (secondary N) is 1. The van der Waals surface area contributed by atoms with E-state index in [4.69, 9.17) is 0 Å². The maximum Gasteiger partial charge on any atom is 0.270 e. The van der Waals surface area contributed by atoms with Gasteiger partial charge in [-0.05, 0) is 40.2 Å². The molecule has 6 heteroatoms. The predicted octanol–water partition coefficient (Wildman–Crippen LogP) is 3.95. The number of para-hydroxylation sites is 1. The van der Waals surface area contributed by atoms with E-state index in [-0.39, 0.29) is 5.91 Å². The first kappa shape index (κ1) is 15.9. The molecule has 1 saturated heterocycles. The van der Waals surface area contributed by atoms with Gasteiger partial charge in [-0.1, -0.05) is 18.2 Å². The minimum atomic E-state index is 0.102. The number of halogens is 1. The highest BCUT2D eigenvalue weighted by molar-refractivity contribution is 9.11. The summed E-state index contributed by atoms with van der Waals surface area (Å²) in [5.74, 6) is 0.102. The lowest BCUT2D eigenvalue weighted by Gasteiger charge is -2.34. The second kappa shape index (κ2) is 6.70. The molecular weight excluding hydrogens is 386 g/mol. The number of aromatic nitrogens is 1. The van der Waals surface area contributed by atoms with Gasteiger partial charge in [-0.3, -0.25) is 9.69 Å².